The molecule has 0 saturated heterocycles. The molecule has 3 aromatic rings. The SMILES string of the molecule is Cc1ccc(S(=O)(=O)c2nnn(-c3ccccc3Cl)c2C)cc1. The molecule has 1 aromatic heterocycles. The lowest BCUT2D eigenvalue weighted by atomic mass is 10.2. The van der Waals surface area contributed by atoms with Gasteiger partial charge in [-0.05, 0) is 38.1 Å². The number of hydrogen-bond acceptors (Lipinski definition) is 4. The number of halogens is 1. The maximum absolute atomic E-state index is 12.7. The predicted octanol–water partition coefficient (Wildman–Crippen LogP) is 3.37. The summed E-state index contributed by atoms with van der Waals surface area (Å²) >= 11 is 6.15. The minimum Gasteiger partial charge on any atom is -0.217 e. The van der Waals surface area contributed by atoms with E-state index in [1.54, 1.807) is 55.5 Å². The van der Waals surface area contributed by atoms with Gasteiger partial charge in [-0.25, -0.2) is 13.1 Å². The Morgan fingerprint density at radius 1 is 1.00 bits per heavy atom. The minimum atomic E-state index is -3.72. The van der Waals surface area contributed by atoms with E-state index in [4.69, 9.17) is 11.6 Å². The Morgan fingerprint density at radius 2 is 1.65 bits per heavy atom. The molecule has 0 N–H and O–H groups in total. The Kier molecular flexibility index (Phi) is 3.95. The third-order valence-electron chi connectivity index (χ3n) is 3.52. The molecule has 0 spiro atoms. The molecule has 0 aliphatic rings. The summed E-state index contributed by atoms with van der Waals surface area (Å²) in [5.41, 5.74) is 1.99. The van der Waals surface area contributed by atoms with Crippen LogP contribution in [0.5, 0.6) is 0 Å². The standard InChI is InChI=1S/C16H14ClN3O2S/c1-11-7-9-13(10-8-11)23(21,22)16-12(2)20(19-18-16)15-6-4-3-5-14(15)17/h3-10H,1-2H3. The number of aromatic nitrogens is 3. The summed E-state index contributed by atoms with van der Waals surface area (Å²) in [6.07, 6.45) is 0. The van der Waals surface area contributed by atoms with Gasteiger partial charge in [0.2, 0.25) is 14.9 Å². The largest absolute Gasteiger partial charge is 0.227 e. The fraction of sp³-hybridized carbons (Fsp3) is 0.125. The Bertz CT molecular complexity index is 963. The summed E-state index contributed by atoms with van der Waals surface area (Å²) in [5.74, 6) is 0. The van der Waals surface area contributed by atoms with Gasteiger partial charge in [-0.2, -0.15) is 0 Å². The Labute approximate surface area is 139 Å². The van der Waals surface area contributed by atoms with E-state index in [2.05, 4.69) is 10.3 Å². The van der Waals surface area contributed by atoms with E-state index in [0.29, 0.717) is 16.4 Å². The lowest BCUT2D eigenvalue weighted by Crippen LogP contribution is -2.06. The van der Waals surface area contributed by atoms with Crippen LogP contribution in [0.3, 0.4) is 0 Å². The summed E-state index contributed by atoms with van der Waals surface area (Å²) in [6, 6.07) is 13.7. The van der Waals surface area contributed by atoms with Crippen LogP contribution in [-0.2, 0) is 9.84 Å². The van der Waals surface area contributed by atoms with Gasteiger partial charge in [0.05, 0.1) is 21.3 Å². The van der Waals surface area contributed by atoms with Gasteiger partial charge in [0, 0.05) is 0 Å². The fourth-order valence-electron chi connectivity index (χ4n) is 2.24. The summed E-state index contributed by atoms with van der Waals surface area (Å²) in [4.78, 5) is 0.192. The van der Waals surface area contributed by atoms with Crippen LogP contribution in [0.2, 0.25) is 5.02 Å². The van der Waals surface area contributed by atoms with Gasteiger partial charge in [0.1, 0.15) is 0 Å². The highest BCUT2D eigenvalue weighted by atomic mass is 35.5. The molecule has 0 fully saturated rings. The molecule has 0 aliphatic carbocycles. The van der Waals surface area contributed by atoms with Crippen molar-refractivity contribution in [3.8, 4) is 5.69 Å². The van der Waals surface area contributed by atoms with Crippen molar-refractivity contribution in [1.82, 2.24) is 15.0 Å². The molecule has 0 radical (unpaired) electrons. The smallest absolute Gasteiger partial charge is 0.217 e. The minimum absolute atomic E-state index is 0.0683. The zero-order chi connectivity index (χ0) is 16.6. The summed E-state index contributed by atoms with van der Waals surface area (Å²) in [7, 11) is -3.72. The molecule has 1 heterocycles. The van der Waals surface area contributed by atoms with E-state index >= 15 is 0 Å². The Morgan fingerprint density at radius 3 is 2.30 bits per heavy atom. The first kappa shape index (κ1) is 15.7. The molecule has 0 bridgehead atoms. The first-order chi connectivity index (χ1) is 10.9. The van der Waals surface area contributed by atoms with Crippen molar-refractivity contribution in [2.45, 2.75) is 23.8 Å². The van der Waals surface area contributed by atoms with Crippen LogP contribution in [0.1, 0.15) is 11.3 Å². The molecule has 0 unspecified atom stereocenters. The van der Waals surface area contributed by atoms with Crippen molar-refractivity contribution in [3.63, 3.8) is 0 Å². The molecule has 2 aromatic carbocycles. The van der Waals surface area contributed by atoms with E-state index in [1.165, 1.54) is 4.68 Å². The van der Waals surface area contributed by atoms with Gasteiger partial charge in [-0.3, -0.25) is 0 Å². The Balaban J connectivity index is 2.12. The van der Waals surface area contributed by atoms with Gasteiger partial charge in [-0.1, -0.05) is 46.6 Å². The van der Waals surface area contributed by atoms with Crippen molar-refractivity contribution in [1.29, 1.82) is 0 Å². The van der Waals surface area contributed by atoms with E-state index < -0.39 is 9.84 Å². The molecule has 7 heteroatoms. The second-order valence-corrected chi connectivity index (χ2v) is 7.43. The number of sulfone groups is 1. The van der Waals surface area contributed by atoms with E-state index in [0.717, 1.165) is 5.56 Å². The molecule has 118 valence electrons. The molecule has 0 saturated carbocycles. The summed E-state index contributed by atoms with van der Waals surface area (Å²) < 4.78 is 26.9. The second kappa shape index (κ2) is 5.79. The van der Waals surface area contributed by atoms with Gasteiger partial charge >= 0.3 is 0 Å². The lowest BCUT2D eigenvalue weighted by Gasteiger charge is -2.06. The average Bonchev–Trinajstić information content (AvgIpc) is 2.90. The van der Waals surface area contributed by atoms with Crippen molar-refractivity contribution < 1.29 is 8.42 Å². The highest BCUT2D eigenvalue weighted by Gasteiger charge is 2.26. The van der Waals surface area contributed by atoms with Gasteiger partial charge in [-0.15, -0.1) is 5.10 Å². The van der Waals surface area contributed by atoms with Gasteiger partial charge in [0.15, 0.2) is 0 Å². The van der Waals surface area contributed by atoms with Crippen LogP contribution in [0.25, 0.3) is 5.69 Å². The van der Waals surface area contributed by atoms with Crippen LogP contribution in [0, 0.1) is 13.8 Å². The molecule has 23 heavy (non-hydrogen) atoms. The second-order valence-electron chi connectivity index (χ2n) is 5.16. The summed E-state index contributed by atoms with van der Waals surface area (Å²) in [5, 5.41) is 8.23. The molecular formula is C16H14ClN3O2S. The molecular weight excluding hydrogens is 334 g/mol. The van der Waals surface area contributed by atoms with E-state index in [1.807, 2.05) is 6.92 Å². The number of rotatable bonds is 3. The van der Waals surface area contributed by atoms with E-state index in [-0.39, 0.29) is 9.92 Å². The molecule has 0 amide bonds. The number of aryl methyl sites for hydroxylation is 1. The number of hydrogen-bond donors (Lipinski definition) is 0. The molecule has 0 atom stereocenters. The predicted molar refractivity (Wildman–Crippen MR) is 87.7 cm³/mol. The first-order valence-electron chi connectivity index (χ1n) is 6.90. The fourth-order valence-corrected chi connectivity index (χ4v) is 3.80. The highest BCUT2D eigenvalue weighted by Crippen LogP contribution is 2.26. The molecule has 0 aliphatic heterocycles. The monoisotopic (exact) mass is 347 g/mol. The van der Waals surface area contributed by atoms with Crippen molar-refractivity contribution in [2.24, 2.45) is 0 Å². The van der Waals surface area contributed by atoms with Gasteiger partial charge < -0.3 is 0 Å². The van der Waals surface area contributed by atoms with Crippen LogP contribution in [-0.4, -0.2) is 23.4 Å². The first-order valence-corrected chi connectivity index (χ1v) is 8.76. The van der Waals surface area contributed by atoms with Gasteiger partial charge in [0.25, 0.3) is 0 Å². The molecule has 3 rings (SSSR count). The lowest BCUT2D eigenvalue weighted by molar-refractivity contribution is 0.591. The van der Waals surface area contributed by atoms with Crippen LogP contribution < -0.4 is 0 Å². The van der Waals surface area contributed by atoms with E-state index in [9.17, 15) is 8.42 Å². The zero-order valence-corrected chi connectivity index (χ0v) is 14.1. The van der Waals surface area contributed by atoms with Crippen molar-refractivity contribution in [3.05, 3.63) is 64.8 Å². The summed E-state index contributed by atoms with van der Waals surface area (Å²) in [6.45, 7) is 3.56. The van der Waals surface area contributed by atoms with Crippen molar-refractivity contribution in [2.75, 3.05) is 0 Å². The number of nitrogens with zero attached hydrogens (tertiary/aromatic N) is 3. The highest BCUT2D eigenvalue weighted by molar-refractivity contribution is 7.91. The normalized spacial score (nSPS) is 11.6. The number of para-hydroxylation sites is 1. The van der Waals surface area contributed by atoms with Crippen LogP contribution >= 0.6 is 11.6 Å². The van der Waals surface area contributed by atoms with Crippen molar-refractivity contribution >= 4 is 21.4 Å². The number of benzene rings is 2. The maximum atomic E-state index is 12.7. The third kappa shape index (κ3) is 2.75. The van der Waals surface area contributed by atoms with Crippen LogP contribution in [0.4, 0.5) is 0 Å². The Hall–Kier alpha value is -2.18. The third-order valence-corrected chi connectivity index (χ3v) is 5.62. The maximum Gasteiger partial charge on any atom is 0.227 e. The zero-order valence-electron chi connectivity index (χ0n) is 12.6. The quantitative estimate of drug-likeness (QED) is 0.728. The average molecular weight is 348 g/mol. The molecule has 5 nitrogen and oxygen atoms in total. The van der Waals surface area contributed by atoms with Crippen LogP contribution in [0.15, 0.2) is 58.5 Å². The topological polar surface area (TPSA) is 64.8 Å².